The van der Waals surface area contributed by atoms with E-state index in [0.717, 1.165) is 12.1 Å². The molecule has 0 saturated heterocycles. The molecule has 0 aromatic heterocycles. The molecule has 0 radical (unpaired) electrons. The van der Waals surface area contributed by atoms with Gasteiger partial charge >= 0.3 is 12.3 Å². The van der Waals surface area contributed by atoms with Gasteiger partial charge in [-0.05, 0) is 17.7 Å². The Morgan fingerprint density at radius 1 is 1.30 bits per heavy atom. The number of nitrogens with two attached hydrogens (primary N) is 1. The average molecular weight is 318 g/mol. The van der Waals surface area contributed by atoms with Crippen molar-refractivity contribution in [3.63, 3.8) is 0 Å². The quantitative estimate of drug-likeness (QED) is 0.780. The van der Waals surface area contributed by atoms with E-state index in [4.69, 9.17) is 5.73 Å². The van der Waals surface area contributed by atoms with Crippen LogP contribution in [0, 0.1) is 5.82 Å². The van der Waals surface area contributed by atoms with Gasteiger partial charge in [-0.15, -0.1) is 0 Å². The summed E-state index contributed by atoms with van der Waals surface area (Å²) in [5, 5.41) is 0. The smallest absolute Gasteiger partial charge is 0.320 e. The largest absolute Gasteiger partial charge is 0.326 e. The lowest BCUT2D eigenvalue weighted by molar-refractivity contribution is -0.122. The molecule has 0 aliphatic carbocycles. The molecule has 0 amide bonds. The lowest BCUT2D eigenvalue weighted by atomic mass is 10.2. The molecule has 0 aliphatic rings. The summed E-state index contributed by atoms with van der Waals surface area (Å²) in [7, 11) is -4.68. The third-order valence-corrected chi connectivity index (χ3v) is 3.75. The Morgan fingerprint density at radius 3 is 2.40 bits per heavy atom. The molecule has 0 bridgehead atoms. The van der Waals surface area contributed by atoms with Gasteiger partial charge in [-0.3, -0.25) is 0 Å². The molecule has 0 atom stereocenters. The molecule has 0 heterocycles. The number of alkyl halides is 4. The Balaban J connectivity index is 3.00. The second-order valence-corrected chi connectivity index (χ2v) is 5.59. The van der Waals surface area contributed by atoms with E-state index < -0.39 is 39.6 Å². The van der Waals surface area contributed by atoms with E-state index in [-0.39, 0.29) is 12.1 Å². The summed E-state index contributed by atoms with van der Waals surface area (Å²) < 4.78 is 87.0. The van der Waals surface area contributed by atoms with Gasteiger partial charge in [-0.25, -0.2) is 26.3 Å². The van der Waals surface area contributed by atoms with Crippen LogP contribution in [0.1, 0.15) is 5.56 Å². The first-order valence-corrected chi connectivity index (χ1v) is 6.72. The first-order valence-electron chi connectivity index (χ1n) is 5.24. The van der Waals surface area contributed by atoms with Crippen LogP contribution in [0.3, 0.4) is 0 Å². The van der Waals surface area contributed by atoms with Crippen LogP contribution in [-0.2, 0) is 16.6 Å². The highest BCUT2D eigenvalue weighted by Crippen LogP contribution is 2.23. The van der Waals surface area contributed by atoms with Gasteiger partial charge in [-0.2, -0.15) is 8.78 Å². The zero-order chi connectivity index (χ0) is 15.6. The summed E-state index contributed by atoms with van der Waals surface area (Å²) in [5.74, 6) is -5.75. The Bertz CT molecular complexity index is 577. The van der Waals surface area contributed by atoms with Gasteiger partial charge in [0.15, 0.2) is 0 Å². The molecule has 114 valence electrons. The van der Waals surface area contributed by atoms with E-state index >= 15 is 0 Å². The van der Waals surface area contributed by atoms with Crippen molar-refractivity contribution in [3.05, 3.63) is 29.6 Å². The Labute approximate surface area is 111 Å². The van der Waals surface area contributed by atoms with Crippen LogP contribution >= 0.6 is 0 Å². The third-order valence-electron chi connectivity index (χ3n) is 2.34. The lowest BCUT2D eigenvalue weighted by Gasteiger charge is -2.16. The number of benzene rings is 1. The van der Waals surface area contributed by atoms with Crippen LogP contribution in [0.4, 0.5) is 22.0 Å². The maximum Gasteiger partial charge on any atom is 0.320 e. The zero-order valence-electron chi connectivity index (χ0n) is 9.92. The molecule has 0 spiro atoms. The van der Waals surface area contributed by atoms with Gasteiger partial charge < -0.3 is 5.73 Å². The number of nitrogens with one attached hydrogen (secondary N) is 1. The highest BCUT2D eigenvalue weighted by Gasteiger charge is 2.41. The maximum absolute atomic E-state index is 13.4. The highest BCUT2D eigenvalue weighted by molar-refractivity contribution is 7.89. The monoisotopic (exact) mass is 318 g/mol. The lowest BCUT2D eigenvalue weighted by Crippen LogP contribution is -2.41. The van der Waals surface area contributed by atoms with E-state index in [2.05, 4.69) is 0 Å². The van der Waals surface area contributed by atoms with Crippen LogP contribution in [0.2, 0.25) is 0 Å². The summed E-state index contributed by atoms with van der Waals surface area (Å²) in [6.45, 7) is -1.94. The molecule has 20 heavy (non-hydrogen) atoms. The van der Waals surface area contributed by atoms with E-state index in [0.29, 0.717) is 0 Å². The van der Waals surface area contributed by atoms with Crippen molar-refractivity contribution in [1.82, 2.24) is 4.72 Å². The van der Waals surface area contributed by atoms with Crippen LogP contribution < -0.4 is 10.5 Å². The number of hydrogen-bond acceptors (Lipinski definition) is 3. The number of rotatable bonds is 6. The van der Waals surface area contributed by atoms with Gasteiger partial charge in [0.05, 0.1) is 6.54 Å². The summed E-state index contributed by atoms with van der Waals surface area (Å²) >= 11 is 0. The van der Waals surface area contributed by atoms with Crippen molar-refractivity contribution in [2.75, 3.05) is 6.54 Å². The van der Waals surface area contributed by atoms with E-state index in [1.54, 1.807) is 0 Å². The van der Waals surface area contributed by atoms with Gasteiger partial charge in [0.2, 0.25) is 10.0 Å². The summed E-state index contributed by atoms with van der Waals surface area (Å²) in [6, 6.07) is 2.85. The third kappa shape index (κ3) is 3.87. The van der Waals surface area contributed by atoms with Crippen molar-refractivity contribution < 1.29 is 30.4 Å². The minimum atomic E-state index is -4.68. The van der Waals surface area contributed by atoms with Gasteiger partial charge in [0.25, 0.3) is 0 Å². The van der Waals surface area contributed by atoms with Crippen LogP contribution in [0.25, 0.3) is 0 Å². The first-order chi connectivity index (χ1) is 9.10. The number of halogens is 5. The fraction of sp³-hybridized carbons (Fsp3) is 0.400. The molecule has 0 unspecified atom stereocenters. The second kappa shape index (κ2) is 6.02. The summed E-state index contributed by atoms with van der Waals surface area (Å²) in [4.78, 5) is -0.925. The maximum atomic E-state index is 13.4. The molecule has 0 saturated carbocycles. The van der Waals surface area contributed by atoms with Gasteiger partial charge in [0.1, 0.15) is 10.7 Å². The van der Waals surface area contributed by atoms with Crippen molar-refractivity contribution in [2.24, 2.45) is 5.73 Å². The fourth-order valence-corrected chi connectivity index (χ4v) is 2.40. The molecule has 1 aromatic carbocycles. The van der Waals surface area contributed by atoms with Crippen LogP contribution in [-0.4, -0.2) is 27.3 Å². The topological polar surface area (TPSA) is 72.2 Å². The molecule has 1 rings (SSSR count). The number of hydrogen-bond donors (Lipinski definition) is 2. The van der Waals surface area contributed by atoms with Crippen molar-refractivity contribution in [1.29, 1.82) is 0 Å². The molecule has 3 N–H and O–H groups in total. The summed E-state index contributed by atoms with van der Waals surface area (Å²) in [6.07, 6.45) is -4.04. The van der Waals surface area contributed by atoms with Gasteiger partial charge in [0, 0.05) is 6.54 Å². The second-order valence-electron chi connectivity index (χ2n) is 3.86. The van der Waals surface area contributed by atoms with Crippen LogP contribution in [0.5, 0.6) is 0 Å². The Hall–Kier alpha value is -1.26. The SMILES string of the molecule is NCc1ccc(F)c(S(=O)(=O)NCC(F)(F)C(F)F)c1. The van der Waals surface area contributed by atoms with Gasteiger partial charge in [-0.1, -0.05) is 6.07 Å². The van der Waals surface area contributed by atoms with E-state index in [1.807, 2.05) is 0 Å². The number of sulfonamides is 1. The highest BCUT2D eigenvalue weighted by atomic mass is 32.2. The predicted octanol–water partition coefficient (Wildman–Crippen LogP) is 1.46. The normalized spacial score (nSPS) is 12.9. The first kappa shape index (κ1) is 16.8. The predicted molar refractivity (Wildman–Crippen MR) is 60.4 cm³/mol. The van der Waals surface area contributed by atoms with Crippen molar-refractivity contribution >= 4 is 10.0 Å². The van der Waals surface area contributed by atoms with Crippen molar-refractivity contribution in [3.8, 4) is 0 Å². The molecule has 0 fully saturated rings. The summed E-state index contributed by atoms with van der Waals surface area (Å²) in [5.41, 5.74) is 5.48. The van der Waals surface area contributed by atoms with Crippen LogP contribution in [0.15, 0.2) is 23.1 Å². The fourth-order valence-electron chi connectivity index (χ4n) is 1.23. The molecule has 0 aliphatic heterocycles. The Morgan fingerprint density at radius 2 is 1.90 bits per heavy atom. The van der Waals surface area contributed by atoms with Crippen molar-refractivity contribution in [2.45, 2.75) is 23.8 Å². The molecule has 1 aromatic rings. The molecule has 4 nitrogen and oxygen atoms in total. The van der Waals surface area contributed by atoms with E-state index in [1.165, 1.54) is 10.8 Å². The molecular formula is C10H11F5N2O2S. The average Bonchev–Trinajstić information content (AvgIpc) is 2.37. The molecular weight excluding hydrogens is 307 g/mol. The standard InChI is InChI=1S/C10H11F5N2O2S/c11-7-2-1-6(4-16)3-8(7)20(18,19)17-5-10(14,15)9(12)13/h1-3,9,17H,4-5,16H2. The minimum Gasteiger partial charge on any atom is -0.326 e. The zero-order valence-corrected chi connectivity index (χ0v) is 10.7. The Kier molecular flexibility index (Phi) is 5.05. The minimum absolute atomic E-state index is 0.101. The molecule has 10 heteroatoms. The van der Waals surface area contributed by atoms with E-state index in [9.17, 15) is 30.4 Å².